The van der Waals surface area contributed by atoms with E-state index in [0.717, 1.165) is 30.8 Å². The van der Waals surface area contributed by atoms with Crippen molar-refractivity contribution in [3.63, 3.8) is 0 Å². The molecule has 0 saturated carbocycles. The highest BCUT2D eigenvalue weighted by molar-refractivity contribution is 6.36. The van der Waals surface area contributed by atoms with Gasteiger partial charge in [0, 0.05) is 35.7 Å². The lowest BCUT2D eigenvalue weighted by atomic mass is 10.0. The minimum atomic E-state index is -0.550. The second-order valence-electron chi connectivity index (χ2n) is 9.77. The Labute approximate surface area is 244 Å². The Morgan fingerprint density at radius 2 is 1.85 bits per heavy atom. The third kappa shape index (κ3) is 5.58. The summed E-state index contributed by atoms with van der Waals surface area (Å²) in [5.41, 5.74) is 10.4. The quantitative estimate of drug-likeness (QED) is 0.175. The number of nitriles is 1. The van der Waals surface area contributed by atoms with Gasteiger partial charge in [0.05, 0.1) is 44.6 Å². The molecule has 208 valence electrons. The summed E-state index contributed by atoms with van der Waals surface area (Å²) in [5.74, 6) is -0.885. The third-order valence-electron chi connectivity index (χ3n) is 7.09. The molecule has 2 unspecified atom stereocenters. The van der Waals surface area contributed by atoms with Gasteiger partial charge in [-0.2, -0.15) is 5.26 Å². The van der Waals surface area contributed by atoms with Crippen LogP contribution in [0.25, 0.3) is 10.9 Å². The van der Waals surface area contributed by atoms with Crippen LogP contribution in [0.1, 0.15) is 23.6 Å². The van der Waals surface area contributed by atoms with Crippen LogP contribution in [-0.4, -0.2) is 29.1 Å². The summed E-state index contributed by atoms with van der Waals surface area (Å²) in [4.78, 5) is 4.41. The van der Waals surface area contributed by atoms with Gasteiger partial charge in [-0.05, 0) is 61.0 Å². The molecule has 0 amide bonds. The summed E-state index contributed by atoms with van der Waals surface area (Å²) in [6.45, 7) is 1.80. The average molecular weight is 593 g/mol. The molecule has 8 nitrogen and oxygen atoms in total. The number of halogens is 4. The molecule has 0 bridgehead atoms. The lowest BCUT2D eigenvalue weighted by molar-refractivity contribution is 0.207. The zero-order valence-electron chi connectivity index (χ0n) is 21.5. The number of pyridine rings is 1. The fourth-order valence-electron chi connectivity index (χ4n) is 5.01. The van der Waals surface area contributed by atoms with Crippen LogP contribution in [0.15, 0.2) is 72.7 Å². The zero-order valence-corrected chi connectivity index (χ0v) is 23.0. The minimum Gasteiger partial charge on any atom is -0.373 e. The summed E-state index contributed by atoms with van der Waals surface area (Å²) in [5, 5.41) is 22.8. The van der Waals surface area contributed by atoms with Crippen LogP contribution in [0.5, 0.6) is 0 Å². The number of aromatic nitrogens is 1. The maximum atomic E-state index is 13.8. The molecule has 6 rings (SSSR count). The van der Waals surface area contributed by atoms with Crippen molar-refractivity contribution in [2.24, 2.45) is 0 Å². The molecule has 2 atom stereocenters. The summed E-state index contributed by atoms with van der Waals surface area (Å²) in [6, 6.07) is 16.1. The molecule has 12 heteroatoms. The van der Waals surface area contributed by atoms with Crippen molar-refractivity contribution >= 4 is 51.2 Å². The van der Waals surface area contributed by atoms with E-state index < -0.39 is 11.9 Å². The number of hydrazine groups is 2. The fourth-order valence-corrected chi connectivity index (χ4v) is 5.46. The second-order valence-corrected chi connectivity index (χ2v) is 10.6. The molecule has 0 radical (unpaired) electrons. The Bertz CT molecular complexity index is 1680. The fraction of sp³-hybridized carbons (Fsp3) is 0.172. The monoisotopic (exact) mass is 592 g/mol. The maximum absolute atomic E-state index is 13.8. The van der Waals surface area contributed by atoms with Crippen LogP contribution in [-0.2, 0) is 0 Å². The molecule has 2 aliphatic heterocycles. The first-order valence-electron chi connectivity index (χ1n) is 12.9. The predicted octanol–water partition coefficient (Wildman–Crippen LogP) is 6.12. The third-order valence-corrected chi connectivity index (χ3v) is 7.67. The predicted molar refractivity (Wildman–Crippen MR) is 156 cm³/mol. The molecule has 0 aliphatic carbocycles. The highest BCUT2D eigenvalue weighted by Gasteiger charge is 2.28. The molecule has 41 heavy (non-hydrogen) atoms. The Kier molecular flexibility index (Phi) is 7.51. The molecule has 3 aromatic carbocycles. The molecule has 0 spiro atoms. The van der Waals surface area contributed by atoms with E-state index in [1.165, 1.54) is 36.5 Å². The van der Waals surface area contributed by atoms with Crippen molar-refractivity contribution in [1.29, 1.82) is 5.26 Å². The van der Waals surface area contributed by atoms with Gasteiger partial charge in [0.1, 0.15) is 17.7 Å². The van der Waals surface area contributed by atoms with E-state index in [1.54, 1.807) is 18.2 Å². The highest BCUT2D eigenvalue weighted by atomic mass is 35.5. The molecule has 5 N–H and O–H groups in total. The van der Waals surface area contributed by atoms with Crippen LogP contribution >= 0.6 is 23.2 Å². The Hall–Kier alpha value is -4.14. The molecule has 2 aliphatic rings. The number of fused-ring (bicyclic) bond motifs is 1. The van der Waals surface area contributed by atoms with Crippen molar-refractivity contribution in [1.82, 2.24) is 26.3 Å². The summed E-state index contributed by atoms with van der Waals surface area (Å²) >= 11 is 12.7. The van der Waals surface area contributed by atoms with Crippen LogP contribution < -0.4 is 26.9 Å². The van der Waals surface area contributed by atoms with E-state index in [0.29, 0.717) is 33.0 Å². The number of hydrogen-bond donors (Lipinski definition) is 5. The van der Waals surface area contributed by atoms with E-state index in [-0.39, 0.29) is 22.4 Å². The van der Waals surface area contributed by atoms with Gasteiger partial charge < -0.3 is 21.4 Å². The van der Waals surface area contributed by atoms with E-state index >= 15 is 0 Å². The van der Waals surface area contributed by atoms with Crippen molar-refractivity contribution < 1.29 is 8.78 Å². The Morgan fingerprint density at radius 3 is 2.59 bits per heavy atom. The van der Waals surface area contributed by atoms with Gasteiger partial charge in [0.15, 0.2) is 0 Å². The van der Waals surface area contributed by atoms with Gasteiger partial charge in [0.2, 0.25) is 0 Å². The number of nitrogens with one attached hydrogen (secondary N) is 5. The molecule has 4 aromatic rings. The van der Waals surface area contributed by atoms with Gasteiger partial charge in [-0.25, -0.2) is 8.78 Å². The van der Waals surface area contributed by atoms with Gasteiger partial charge in [0.25, 0.3) is 0 Å². The van der Waals surface area contributed by atoms with Crippen LogP contribution in [0.4, 0.5) is 25.8 Å². The van der Waals surface area contributed by atoms with E-state index in [4.69, 9.17) is 23.2 Å². The molecule has 1 aromatic heterocycles. The van der Waals surface area contributed by atoms with Gasteiger partial charge in [-0.15, -0.1) is 5.53 Å². The zero-order chi connectivity index (χ0) is 28.5. The molecular formula is C29H24Cl2F2N8. The lowest BCUT2D eigenvalue weighted by Gasteiger charge is -2.22. The molecule has 3 heterocycles. The summed E-state index contributed by atoms with van der Waals surface area (Å²) in [7, 11) is 0. The van der Waals surface area contributed by atoms with E-state index in [2.05, 4.69) is 38.0 Å². The van der Waals surface area contributed by atoms with E-state index in [1.807, 2.05) is 17.3 Å². The number of benzene rings is 3. The Morgan fingerprint density at radius 1 is 1.05 bits per heavy atom. The minimum absolute atomic E-state index is 0.0530. The highest BCUT2D eigenvalue weighted by Crippen LogP contribution is 2.37. The molecule has 1 fully saturated rings. The number of hydrogen-bond acceptors (Lipinski definition) is 8. The average Bonchev–Trinajstić information content (AvgIpc) is 3.67. The van der Waals surface area contributed by atoms with Crippen molar-refractivity contribution in [3.8, 4) is 6.07 Å². The lowest BCUT2D eigenvalue weighted by Crippen LogP contribution is -2.44. The SMILES string of the molecule is N#Cc1cnc2c(Cl)cc(NC(C3=CN(C4CCNC4)NN3)c3ccc(F)cc3)cc2c1Nc1ccc(F)c(Cl)c1. The second kappa shape index (κ2) is 11.4. The number of rotatable bonds is 7. The van der Waals surface area contributed by atoms with Crippen LogP contribution in [0.3, 0.4) is 0 Å². The van der Waals surface area contributed by atoms with E-state index in [9.17, 15) is 14.0 Å². The van der Waals surface area contributed by atoms with Crippen molar-refractivity contribution in [2.45, 2.75) is 18.5 Å². The smallest absolute Gasteiger partial charge is 0.141 e. The molecular weight excluding hydrogens is 569 g/mol. The van der Waals surface area contributed by atoms with Gasteiger partial charge in [-0.3, -0.25) is 9.99 Å². The first-order chi connectivity index (χ1) is 19.9. The standard InChI is InChI=1S/C29H24Cl2F2N8/c30-23-10-19(5-6-25(23)33)37-27-17(12-34)13-36-29-22(27)9-20(11-24(29)31)38-28(16-1-3-18(32)4-2-16)26-15-41(40-39-26)21-7-8-35-14-21/h1-6,9-11,13,15,21,28,35,38-40H,7-8,14H2,(H,36,37). The van der Waals surface area contributed by atoms with Gasteiger partial charge in [-0.1, -0.05) is 35.3 Å². The first kappa shape index (κ1) is 27.1. The van der Waals surface area contributed by atoms with Crippen molar-refractivity contribution in [2.75, 3.05) is 23.7 Å². The molecule has 1 saturated heterocycles. The largest absolute Gasteiger partial charge is 0.373 e. The topological polar surface area (TPSA) is 100 Å². The van der Waals surface area contributed by atoms with Crippen LogP contribution in [0.2, 0.25) is 10.0 Å². The maximum Gasteiger partial charge on any atom is 0.141 e. The van der Waals surface area contributed by atoms with Crippen molar-refractivity contribution in [3.05, 3.63) is 105 Å². The number of anilines is 3. The first-order valence-corrected chi connectivity index (χ1v) is 13.6. The summed E-state index contributed by atoms with van der Waals surface area (Å²) in [6.07, 6.45) is 4.43. The van der Waals surface area contributed by atoms with Gasteiger partial charge >= 0.3 is 0 Å². The van der Waals surface area contributed by atoms with Crippen LogP contribution in [0, 0.1) is 23.0 Å². The Balaban J connectivity index is 1.40. The normalized spacial score (nSPS) is 17.2. The number of nitrogens with zero attached hydrogens (tertiary/aromatic N) is 3. The summed E-state index contributed by atoms with van der Waals surface area (Å²) < 4.78 is 27.6.